The van der Waals surface area contributed by atoms with E-state index in [4.69, 9.17) is 4.74 Å². The van der Waals surface area contributed by atoms with Gasteiger partial charge in [-0.2, -0.15) is 0 Å². The molecule has 0 spiro atoms. The van der Waals surface area contributed by atoms with Crippen molar-refractivity contribution in [3.8, 4) is 0 Å². The van der Waals surface area contributed by atoms with Gasteiger partial charge in [-0.15, -0.1) is 0 Å². The Morgan fingerprint density at radius 1 is 1.24 bits per heavy atom. The summed E-state index contributed by atoms with van der Waals surface area (Å²) in [6.07, 6.45) is 2.07. The van der Waals surface area contributed by atoms with Crippen LogP contribution in [0.15, 0.2) is 0 Å². The van der Waals surface area contributed by atoms with Crippen LogP contribution in [0.5, 0.6) is 0 Å². The van der Waals surface area contributed by atoms with Gasteiger partial charge in [0.05, 0.1) is 12.2 Å². The highest BCUT2D eigenvalue weighted by Gasteiger charge is 2.31. The van der Waals surface area contributed by atoms with Crippen LogP contribution in [0.3, 0.4) is 0 Å². The van der Waals surface area contributed by atoms with Crippen LogP contribution in [-0.4, -0.2) is 56.6 Å². The van der Waals surface area contributed by atoms with Gasteiger partial charge in [0.2, 0.25) is 0 Å². The van der Waals surface area contributed by atoms with E-state index in [-0.39, 0.29) is 29.8 Å². The van der Waals surface area contributed by atoms with Gasteiger partial charge in [0.25, 0.3) is 0 Å². The van der Waals surface area contributed by atoms with E-state index in [1.54, 1.807) is 6.26 Å². The van der Waals surface area contributed by atoms with Crippen molar-refractivity contribution in [1.82, 2.24) is 4.31 Å². The number of aliphatic hydroxyl groups is 1. The largest absolute Gasteiger partial charge is 0.396 e. The molecule has 0 aliphatic heterocycles. The second-order valence-corrected chi connectivity index (χ2v) is 10.3. The van der Waals surface area contributed by atoms with Gasteiger partial charge in [-0.3, -0.25) is 4.21 Å². The molecule has 0 aromatic carbocycles. The molecule has 0 amide bonds. The van der Waals surface area contributed by atoms with Gasteiger partial charge in [0, 0.05) is 34.7 Å². The quantitative estimate of drug-likeness (QED) is 0.733. The van der Waals surface area contributed by atoms with Gasteiger partial charge in [-0.05, 0) is 45.4 Å². The summed E-state index contributed by atoms with van der Waals surface area (Å²) in [6, 6.07) is 0. The number of hydrogen-bond acceptors (Lipinski definition) is 3. The van der Waals surface area contributed by atoms with Crippen LogP contribution in [0.2, 0.25) is 0 Å². The molecule has 0 aromatic rings. The van der Waals surface area contributed by atoms with Gasteiger partial charge >= 0.3 is 0 Å². The average Bonchev–Trinajstić information content (AvgIpc) is 2.21. The van der Waals surface area contributed by atoms with Crippen molar-refractivity contribution in [2.24, 2.45) is 5.41 Å². The van der Waals surface area contributed by atoms with Crippen molar-refractivity contribution in [1.29, 1.82) is 0 Å². The minimum Gasteiger partial charge on any atom is -0.396 e. The summed E-state index contributed by atoms with van der Waals surface area (Å²) < 4.78 is 20.5. The monoisotopic (exact) mass is 321 g/mol. The fraction of sp³-hybridized carbons (Fsp3) is 0.938. The van der Waals surface area contributed by atoms with Crippen molar-refractivity contribution in [3.05, 3.63) is 0 Å². The zero-order chi connectivity index (χ0) is 17.1. The molecule has 1 unspecified atom stereocenters. The summed E-state index contributed by atoms with van der Waals surface area (Å²) in [5.74, 6) is 3.81. The van der Waals surface area contributed by atoms with Crippen molar-refractivity contribution >= 4 is 15.6 Å². The maximum Gasteiger partial charge on any atom is 0.0738 e. The molecule has 1 N–H and O–H groups in total. The number of aliphatic hydroxyl groups excluding tert-OH is 1. The molecule has 0 rings (SSSR count). The Kier molecular flexibility index (Phi) is 7.41. The topological polar surface area (TPSA) is 49.8 Å². The molecule has 4 nitrogen and oxygen atoms in total. The highest BCUT2D eigenvalue weighted by molar-refractivity contribution is 7.97. The maximum atomic E-state index is 12.5. The van der Waals surface area contributed by atoms with Crippen LogP contribution in [0.4, 0.5) is 0 Å². The van der Waals surface area contributed by atoms with E-state index in [0.717, 1.165) is 0 Å². The molecule has 21 heavy (non-hydrogen) atoms. The lowest BCUT2D eigenvalue weighted by Crippen LogP contribution is -2.50. The molecule has 128 valence electrons. The Morgan fingerprint density at radius 2 is 1.71 bits per heavy atom. The van der Waals surface area contributed by atoms with E-state index in [0.29, 0.717) is 13.0 Å². The summed E-state index contributed by atoms with van der Waals surface area (Å²) in [5.41, 5.74) is -0.242. The van der Waals surface area contributed by atoms with E-state index in [2.05, 4.69) is 26.6 Å². The first-order valence-electron chi connectivity index (χ1n) is 7.56. The zero-order valence-corrected chi connectivity index (χ0v) is 15.9. The first kappa shape index (κ1) is 20.9. The summed E-state index contributed by atoms with van der Waals surface area (Å²) in [7, 11) is -2.34. The lowest BCUT2D eigenvalue weighted by atomic mass is 9.90. The molecule has 0 aromatic heterocycles. The van der Waals surface area contributed by atoms with Crippen molar-refractivity contribution in [2.45, 2.75) is 72.6 Å². The molecule has 5 heteroatoms. The number of hydrogen-bond donors (Lipinski definition) is 1. The van der Waals surface area contributed by atoms with Gasteiger partial charge in [-0.25, -0.2) is 4.31 Å². The third kappa shape index (κ3) is 7.63. The van der Waals surface area contributed by atoms with Gasteiger partial charge in [0.1, 0.15) is 0 Å². The minimum atomic E-state index is -2.34. The molecule has 0 aliphatic carbocycles. The van der Waals surface area contributed by atoms with Crippen LogP contribution in [-0.2, 0) is 14.4 Å². The zero-order valence-electron chi connectivity index (χ0n) is 15.1. The Hall–Kier alpha value is -0.100. The van der Waals surface area contributed by atoms with Gasteiger partial charge < -0.3 is 9.84 Å². The standard InChI is InChI=1S/C16H35NO3S/c1-13(15(2,3)4)20-14(10-11-18)12-17(16(5,6)7)21(8,9)19/h13-14,18H,8,10-12H2,1-7,9H3/t13-,14-,21?/m0/s1. The van der Waals surface area contributed by atoms with Crippen LogP contribution in [0.1, 0.15) is 54.9 Å². The molecule has 0 saturated carbocycles. The van der Waals surface area contributed by atoms with Crippen LogP contribution in [0, 0.1) is 5.41 Å². The van der Waals surface area contributed by atoms with E-state index in [1.165, 1.54) is 0 Å². The predicted molar refractivity (Wildman–Crippen MR) is 93.1 cm³/mol. The van der Waals surface area contributed by atoms with E-state index >= 15 is 0 Å². The predicted octanol–water partition coefficient (Wildman–Crippen LogP) is 2.55. The lowest BCUT2D eigenvalue weighted by Gasteiger charge is -2.40. The van der Waals surface area contributed by atoms with E-state index < -0.39 is 9.71 Å². The van der Waals surface area contributed by atoms with Crippen molar-refractivity contribution in [3.63, 3.8) is 0 Å². The summed E-state index contributed by atoms with van der Waals surface area (Å²) in [6.45, 7) is 15.0. The molecule has 3 atom stereocenters. The van der Waals surface area contributed by atoms with Gasteiger partial charge in [0.15, 0.2) is 0 Å². The molecule has 0 radical (unpaired) electrons. The van der Waals surface area contributed by atoms with E-state index in [9.17, 15) is 9.32 Å². The number of rotatable bonds is 7. The highest BCUT2D eigenvalue weighted by atomic mass is 32.2. The summed E-state index contributed by atoms with van der Waals surface area (Å²) in [4.78, 5) is 0. The first-order valence-corrected chi connectivity index (χ1v) is 9.65. The lowest BCUT2D eigenvalue weighted by molar-refractivity contribution is -0.0717. The Balaban J connectivity index is 5.13. The fourth-order valence-corrected chi connectivity index (χ4v) is 3.68. The molecule has 0 aliphatic rings. The Labute approximate surface area is 132 Å². The Morgan fingerprint density at radius 3 is 2.00 bits per heavy atom. The van der Waals surface area contributed by atoms with Gasteiger partial charge in [-0.1, -0.05) is 20.8 Å². The molecular weight excluding hydrogens is 286 g/mol. The van der Waals surface area contributed by atoms with Crippen molar-refractivity contribution in [2.75, 3.05) is 19.4 Å². The first-order chi connectivity index (χ1) is 9.19. The van der Waals surface area contributed by atoms with Crippen LogP contribution >= 0.6 is 0 Å². The van der Waals surface area contributed by atoms with E-state index in [1.807, 2.05) is 32.0 Å². The Bertz CT molecular complexity index is 404. The molecule has 0 fully saturated rings. The maximum absolute atomic E-state index is 12.5. The third-order valence-corrected chi connectivity index (χ3v) is 5.28. The molecule has 0 heterocycles. The highest BCUT2D eigenvalue weighted by Crippen LogP contribution is 2.25. The second kappa shape index (κ2) is 7.44. The van der Waals surface area contributed by atoms with Crippen LogP contribution in [0.25, 0.3) is 0 Å². The smallest absolute Gasteiger partial charge is 0.0738 e. The third-order valence-electron chi connectivity index (χ3n) is 3.65. The summed E-state index contributed by atoms with van der Waals surface area (Å²) >= 11 is 0. The normalized spacial score (nSPS) is 19.3. The van der Waals surface area contributed by atoms with Crippen molar-refractivity contribution < 1.29 is 14.1 Å². The minimum absolute atomic E-state index is 0.0261. The molecule has 0 saturated heterocycles. The fourth-order valence-electron chi connectivity index (χ4n) is 2.03. The summed E-state index contributed by atoms with van der Waals surface area (Å²) in [5, 5.41) is 9.29. The number of nitrogens with zero attached hydrogens (tertiary/aromatic N) is 1. The molecule has 0 bridgehead atoms. The SMILES string of the molecule is C=S(C)(=O)N(C[C@H](CCO)O[C@@H](C)C(C)(C)C)C(C)(C)C. The number of ether oxygens (including phenoxy) is 1. The molecular formula is C16H35NO3S. The second-order valence-electron chi connectivity index (χ2n) is 7.97. The van der Waals surface area contributed by atoms with Crippen LogP contribution < -0.4 is 0 Å². The average molecular weight is 322 g/mol.